The Morgan fingerprint density at radius 1 is 1.16 bits per heavy atom. The van der Waals surface area contributed by atoms with Crippen LogP contribution in [0.1, 0.15) is 36.0 Å². The van der Waals surface area contributed by atoms with Crippen LogP contribution in [-0.4, -0.2) is 62.0 Å². The van der Waals surface area contributed by atoms with Crippen molar-refractivity contribution >= 4 is 5.78 Å². The Morgan fingerprint density at radius 2 is 1.96 bits per heavy atom. The minimum Gasteiger partial charge on any atom is -0.497 e. The summed E-state index contributed by atoms with van der Waals surface area (Å²) in [6.45, 7) is 4.58. The van der Waals surface area contributed by atoms with Gasteiger partial charge in [-0.1, -0.05) is 0 Å². The molecule has 3 rings (SSSR count). The quantitative estimate of drug-likeness (QED) is 0.562. The zero-order valence-corrected chi connectivity index (χ0v) is 15.2. The first-order valence-electron chi connectivity index (χ1n) is 9.14. The minimum atomic E-state index is -0.0358. The summed E-state index contributed by atoms with van der Waals surface area (Å²) in [5, 5.41) is 0. The zero-order valence-electron chi connectivity index (χ0n) is 15.2. The van der Waals surface area contributed by atoms with Gasteiger partial charge in [-0.2, -0.15) is 0 Å². The van der Waals surface area contributed by atoms with Crippen LogP contribution in [0, 0.1) is 0 Å². The number of benzene rings is 1. The zero-order chi connectivity index (χ0) is 17.6. The van der Waals surface area contributed by atoms with Crippen LogP contribution in [-0.2, 0) is 0 Å². The lowest BCUT2D eigenvalue weighted by Gasteiger charge is -2.27. The van der Waals surface area contributed by atoms with Crippen LogP contribution >= 0.6 is 0 Å². The van der Waals surface area contributed by atoms with E-state index in [0.29, 0.717) is 23.1 Å². The summed E-state index contributed by atoms with van der Waals surface area (Å²) in [7, 11) is 3.17. The largest absolute Gasteiger partial charge is 0.497 e. The second-order valence-electron chi connectivity index (χ2n) is 6.79. The van der Waals surface area contributed by atoms with Crippen LogP contribution in [0.2, 0.25) is 0 Å². The molecule has 2 saturated heterocycles. The average Bonchev–Trinajstić information content (AvgIpc) is 3.31. The second-order valence-corrected chi connectivity index (χ2v) is 6.79. The lowest BCUT2D eigenvalue weighted by Crippen LogP contribution is -2.36. The van der Waals surface area contributed by atoms with E-state index < -0.39 is 0 Å². The van der Waals surface area contributed by atoms with Crippen LogP contribution in [0.25, 0.3) is 0 Å². The van der Waals surface area contributed by atoms with E-state index in [0.717, 1.165) is 13.1 Å². The highest BCUT2D eigenvalue weighted by Gasteiger charge is 2.25. The van der Waals surface area contributed by atoms with Crippen molar-refractivity contribution in [1.82, 2.24) is 9.80 Å². The summed E-state index contributed by atoms with van der Waals surface area (Å²) in [6, 6.07) is 5.82. The number of rotatable bonds is 7. The topological polar surface area (TPSA) is 42.0 Å². The Bertz CT molecular complexity index is 623. The van der Waals surface area contributed by atoms with E-state index in [-0.39, 0.29) is 5.78 Å². The maximum Gasteiger partial charge on any atom is 0.191 e. The summed E-state index contributed by atoms with van der Waals surface area (Å²) in [6.07, 6.45) is 8.69. The number of allylic oxidation sites excluding steroid dienone is 1. The molecule has 0 amide bonds. The summed E-state index contributed by atoms with van der Waals surface area (Å²) < 4.78 is 10.5. The van der Waals surface area contributed by atoms with E-state index >= 15 is 0 Å². The summed E-state index contributed by atoms with van der Waals surface area (Å²) >= 11 is 0. The third kappa shape index (κ3) is 4.34. The number of hydrogen-bond acceptors (Lipinski definition) is 5. The summed E-state index contributed by atoms with van der Waals surface area (Å²) in [4.78, 5) is 17.5. The van der Waals surface area contributed by atoms with Crippen molar-refractivity contribution in [1.29, 1.82) is 0 Å². The normalized spacial score (nSPS) is 21.2. The molecule has 5 heteroatoms. The first-order chi connectivity index (χ1) is 12.2. The van der Waals surface area contributed by atoms with Gasteiger partial charge in [-0.3, -0.25) is 4.79 Å². The number of ketones is 1. The molecule has 1 aromatic carbocycles. The summed E-state index contributed by atoms with van der Waals surface area (Å²) in [5.41, 5.74) is 0.565. The Morgan fingerprint density at radius 3 is 2.68 bits per heavy atom. The Hall–Kier alpha value is -2.01. The van der Waals surface area contributed by atoms with E-state index in [1.54, 1.807) is 38.5 Å². The van der Waals surface area contributed by atoms with Crippen molar-refractivity contribution in [2.75, 3.05) is 40.4 Å². The van der Waals surface area contributed by atoms with Gasteiger partial charge < -0.3 is 19.3 Å². The van der Waals surface area contributed by atoms with Gasteiger partial charge >= 0.3 is 0 Å². The third-order valence-corrected chi connectivity index (χ3v) is 5.18. The molecule has 2 heterocycles. The van der Waals surface area contributed by atoms with Gasteiger partial charge in [-0.05, 0) is 50.9 Å². The molecule has 5 nitrogen and oxygen atoms in total. The fourth-order valence-electron chi connectivity index (χ4n) is 3.77. The molecular weight excluding hydrogens is 316 g/mol. The Labute approximate surface area is 150 Å². The molecule has 0 unspecified atom stereocenters. The maximum atomic E-state index is 12.6. The predicted octanol–water partition coefficient (Wildman–Crippen LogP) is 2.96. The molecule has 0 saturated carbocycles. The maximum absolute atomic E-state index is 12.6. The lowest BCUT2D eigenvalue weighted by atomic mass is 10.1. The molecule has 2 aliphatic heterocycles. The van der Waals surface area contributed by atoms with Crippen molar-refractivity contribution in [3.63, 3.8) is 0 Å². The van der Waals surface area contributed by atoms with Gasteiger partial charge in [-0.15, -0.1) is 0 Å². The van der Waals surface area contributed by atoms with Crippen LogP contribution in [0.3, 0.4) is 0 Å². The first-order valence-corrected chi connectivity index (χ1v) is 9.14. The number of methoxy groups -OCH3 is 2. The molecule has 0 N–H and O–H groups in total. The molecule has 136 valence electrons. The molecule has 2 aliphatic rings. The SMILES string of the molecule is COc1ccc(C(=O)/C=C/N2CCC[C@H]2CN2CCCC2)c(OC)c1. The van der Waals surface area contributed by atoms with Gasteiger partial charge in [0.25, 0.3) is 0 Å². The molecule has 2 fully saturated rings. The summed E-state index contributed by atoms with van der Waals surface area (Å²) in [5.74, 6) is 1.19. The highest BCUT2D eigenvalue weighted by molar-refractivity contribution is 6.06. The molecule has 0 bridgehead atoms. The number of hydrogen-bond donors (Lipinski definition) is 0. The fourth-order valence-corrected chi connectivity index (χ4v) is 3.77. The number of nitrogens with zero attached hydrogens (tertiary/aromatic N) is 2. The van der Waals surface area contributed by atoms with Crippen molar-refractivity contribution in [3.8, 4) is 11.5 Å². The van der Waals surface area contributed by atoms with Crippen LogP contribution in [0.5, 0.6) is 11.5 Å². The van der Waals surface area contributed by atoms with Gasteiger partial charge in [-0.25, -0.2) is 0 Å². The molecule has 0 aliphatic carbocycles. The van der Waals surface area contributed by atoms with Gasteiger partial charge in [0.15, 0.2) is 5.78 Å². The predicted molar refractivity (Wildman–Crippen MR) is 98.4 cm³/mol. The van der Waals surface area contributed by atoms with Gasteiger partial charge in [0.1, 0.15) is 11.5 Å². The highest BCUT2D eigenvalue weighted by atomic mass is 16.5. The number of carbonyl (C=O) groups is 1. The monoisotopic (exact) mass is 344 g/mol. The Balaban J connectivity index is 1.65. The smallest absolute Gasteiger partial charge is 0.191 e. The van der Waals surface area contributed by atoms with Gasteiger partial charge in [0.2, 0.25) is 0 Å². The highest BCUT2D eigenvalue weighted by Crippen LogP contribution is 2.26. The molecule has 1 aromatic rings. The van der Waals surface area contributed by atoms with Crippen LogP contribution < -0.4 is 9.47 Å². The number of ether oxygens (including phenoxy) is 2. The standard InChI is InChI=1S/C20H28N2O3/c1-24-17-7-8-18(20(14-17)25-2)19(23)9-13-22-12-5-6-16(22)15-21-10-3-4-11-21/h7-9,13-14,16H,3-6,10-12,15H2,1-2H3/b13-9+/t16-/m0/s1. The number of likely N-dealkylation sites (tertiary alicyclic amines) is 2. The van der Waals surface area contributed by atoms with E-state index in [1.165, 1.54) is 38.8 Å². The first kappa shape index (κ1) is 17.8. The average molecular weight is 344 g/mol. The molecule has 0 spiro atoms. The van der Waals surface area contributed by atoms with Crippen molar-refractivity contribution in [3.05, 3.63) is 36.0 Å². The van der Waals surface area contributed by atoms with Crippen molar-refractivity contribution < 1.29 is 14.3 Å². The molecular formula is C20H28N2O3. The van der Waals surface area contributed by atoms with E-state index in [2.05, 4.69) is 9.80 Å². The molecule has 1 atom stereocenters. The van der Waals surface area contributed by atoms with Gasteiger partial charge in [0.05, 0.1) is 19.8 Å². The minimum absolute atomic E-state index is 0.0358. The van der Waals surface area contributed by atoms with E-state index in [9.17, 15) is 4.79 Å². The lowest BCUT2D eigenvalue weighted by molar-refractivity contribution is 0.104. The third-order valence-electron chi connectivity index (χ3n) is 5.18. The van der Waals surface area contributed by atoms with Crippen LogP contribution in [0.15, 0.2) is 30.5 Å². The van der Waals surface area contributed by atoms with Crippen LogP contribution in [0.4, 0.5) is 0 Å². The van der Waals surface area contributed by atoms with E-state index in [4.69, 9.17) is 9.47 Å². The second kappa shape index (κ2) is 8.39. The molecule has 0 radical (unpaired) electrons. The molecule has 25 heavy (non-hydrogen) atoms. The molecule has 0 aromatic heterocycles. The van der Waals surface area contributed by atoms with Gasteiger partial charge in [0, 0.05) is 37.5 Å². The van der Waals surface area contributed by atoms with Crippen molar-refractivity contribution in [2.45, 2.75) is 31.7 Å². The fraction of sp³-hybridized carbons (Fsp3) is 0.550. The van der Waals surface area contributed by atoms with Crippen molar-refractivity contribution in [2.24, 2.45) is 0 Å². The van der Waals surface area contributed by atoms with E-state index in [1.807, 2.05) is 6.20 Å². The number of carbonyl (C=O) groups excluding carboxylic acids is 1. The Kier molecular flexibility index (Phi) is 5.97.